The van der Waals surface area contributed by atoms with Crippen LogP contribution in [0.5, 0.6) is 0 Å². The van der Waals surface area contributed by atoms with Crippen LogP contribution in [0.2, 0.25) is 0 Å². The molecule has 1 N–H and O–H groups in total. The van der Waals surface area contributed by atoms with Crippen molar-refractivity contribution in [1.29, 1.82) is 0 Å². The van der Waals surface area contributed by atoms with Gasteiger partial charge in [-0.25, -0.2) is 17.7 Å². The molecule has 1 aliphatic rings. The van der Waals surface area contributed by atoms with Crippen molar-refractivity contribution in [2.24, 2.45) is 5.92 Å². The first-order valence-electron chi connectivity index (χ1n) is 10.0. The van der Waals surface area contributed by atoms with Gasteiger partial charge in [-0.15, -0.1) is 0 Å². The molecule has 7 nitrogen and oxygen atoms in total. The summed E-state index contributed by atoms with van der Waals surface area (Å²) in [7, 11) is -0.466. The topological polar surface area (TPSA) is 84.3 Å². The Morgan fingerprint density at radius 2 is 2.07 bits per heavy atom. The van der Waals surface area contributed by atoms with Crippen molar-refractivity contribution in [1.82, 2.24) is 19.2 Å². The van der Waals surface area contributed by atoms with E-state index in [1.165, 1.54) is 31.2 Å². The average Bonchev–Trinajstić information content (AvgIpc) is 3.43. The second-order valence-electron chi connectivity index (χ2n) is 7.72. The van der Waals surface area contributed by atoms with E-state index in [0.717, 1.165) is 37.3 Å². The lowest BCUT2D eigenvalue weighted by atomic mass is 10.2. The van der Waals surface area contributed by atoms with Gasteiger partial charge in [-0.3, -0.25) is 4.79 Å². The number of imidazole rings is 1. The van der Waals surface area contributed by atoms with Crippen LogP contribution in [0.4, 0.5) is 0 Å². The van der Waals surface area contributed by atoms with Gasteiger partial charge in [0, 0.05) is 40.0 Å². The summed E-state index contributed by atoms with van der Waals surface area (Å²) in [5.41, 5.74) is 1.58. The van der Waals surface area contributed by atoms with E-state index in [1.54, 1.807) is 12.1 Å². The van der Waals surface area contributed by atoms with Gasteiger partial charge >= 0.3 is 0 Å². The SMILES string of the molecule is CCCCn1c(CCC(=O)NCC2CC2)nc2cc(S(=O)(=O)N(C)C)ccc21. The highest BCUT2D eigenvalue weighted by Crippen LogP contribution is 2.27. The first-order valence-corrected chi connectivity index (χ1v) is 11.4. The van der Waals surface area contributed by atoms with Gasteiger partial charge in [-0.1, -0.05) is 13.3 Å². The monoisotopic (exact) mass is 406 g/mol. The lowest BCUT2D eigenvalue weighted by Gasteiger charge is -2.11. The van der Waals surface area contributed by atoms with Gasteiger partial charge in [0.2, 0.25) is 15.9 Å². The van der Waals surface area contributed by atoms with Crippen molar-refractivity contribution in [2.75, 3.05) is 20.6 Å². The molecule has 1 saturated carbocycles. The number of hydrogen-bond donors (Lipinski definition) is 1. The molecule has 28 heavy (non-hydrogen) atoms. The third-order valence-corrected chi connectivity index (χ3v) is 6.98. The minimum Gasteiger partial charge on any atom is -0.356 e. The number of aromatic nitrogens is 2. The van der Waals surface area contributed by atoms with E-state index in [4.69, 9.17) is 0 Å². The van der Waals surface area contributed by atoms with Crippen LogP contribution in [-0.2, 0) is 27.8 Å². The zero-order chi connectivity index (χ0) is 20.3. The molecule has 1 aromatic carbocycles. The lowest BCUT2D eigenvalue weighted by Crippen LogP contribution is -2.26. The minimum absolute atomic E-state index is 0.0527. The number of carbonyl (C=O) groups excluding carboxylic acids is 1. The summed E-state index contributed by atoms with van der Waals surface area (Å²) in [5, 5.41) is 2.99. The molecule has 8 heteroatoms. The van der Waals surface area contributed by atoms with E-state index < -0.39 is 10.0 Å². The number of nitrogens with one attached hydrogen (secondary N) is 1. The zero-order valence-corrected chi connectivity index (χ0v) is 17.8. The maximum absolute atomic E-state index is 12.4. The molecule has 0 atom stereocenters. The van der Waals surface area contributed by atoms with Crippen LogP contribution in [0.1, 0.15) is 44.9 Å². The Morgan fingerprint density at radius 1 is 1.32 bits per heavy atom. The smallest absolute Gasteiger partial charge is 0.242 e. The molecule has 1 amide bonds. The zero-order valence-electron chi connectivity index (χ0n) is 16.9. The summed E-state index contributed by atoms with van der Waals surface area (Å²) in [6, 6.07) is 5.09. The average molecular weight is 407 g/mol. The summed E-state index contributed by atoms with van der Waals surface area (Å²) in [5.74, 6) is 1.55. The molecule has 3 rings (SSSR count). The van der Waals surface area contributed by atoms with Crippen LogP contribution < -0.4 is 5.32 Å². The highest BCUT2D eigenvalue weighted by Gasteiger charge is 2.22. The Balaban J connectivity index is 1.83. The van der Waals surface area contributed by atoms with Crippen LogP contribution in [0.25, 0.3) is 11.0 Å². The van der Waals surface area contributed by atoms with Crippen LogP contribution in [0, 0.1) is 5.92 Å². The molecule has 1 aliphatic carbocycles. The maximum Gasteiger partial charge on any atom is 0.242 e. The number of benzene rings is 1. The summed E-state index contributed by atoms with van der Waals surface area (Å²) >= 11 is 0. The van der Waals surface area contributed by atoms with E-state index in [0.29, 0.717) is 24.3 Å². The fraction of sp³-hybridized carbons (Fsp3) is 0.600. The highest BCUT2D eigenvalue weighted by atomic mass is 32.2. The Labute approximate surface area is 167 Å². The first-order chi connectivity index (χ1) is 13.3. The van der Waals surface area contributed by atoms with Crippen molar-refractivity contribution in [3.63, 3.8) is 0 Å². The standard InChI is InChI=1S/C20H30N4O3S/c1-4-5-12-24-18-9-8-16(28(26,27)23(2)3)13-17(18)22-19(24)10-11-20(25)21-14-15-6-7-15/h8-9,13,15H,4-7,10-12,14H2,1-3H3,(H,21,25). The predicted molar refractivity (Wildman–Crippen MR) is 110 cm³/mol. The molecule has 0 saturated heterocycles. The number of hydrogen-bond acceptors (Lipinski definition) is 4. The van der Waals surface area contributed by atoms with E-state index in [1.807, 2.05) is 6.07 Å². The van der Waals surface area contributed by atoms with Gasteiger partial charge < -0.3 is 9.88 Å². The summed E-state index contributed by atoms with van der Waals surface area (Å²) < 4.78 is 28.2. The second-order valence-corrected chi connectivity index (χ2v) is 9.87. The number of rotatable bonds is 10. The van der Waals surface area contributed by atoms with Crippen molar-refractivity contribution in [3.8, 4) is 0 Å². The summed E-state index contributed by atoms with van der Waals surface area (Å²) in [6.07, 6.45) is 5.42. The van der Waals surface area contributed by atoms with Gasteiger partial charge in [0.1, 0.15) is 5.82 Å². The van der Waals surface area contributed by atoms with Crippen LogP contribution in [0.15, 0.2) is 23.1 Å². The largest absolute Gasteiger partial charge is 0.356 e. The molecule has 1 fully saturated rings. The quantitative estimate of drug-likeness (QED) is 0.657. The lowest BCUT2D eigenvalue weighted by molar-refractivity contribution is -0.121. The Morgan fingerprint density at radius 3 is 2.71 bits per heavy atom. The second kappa shape index (κ2) is 8.61. The molecular weight excluding hydrogens is 376 g/mol. The normalized spacial score (nSPS) is 14.7. The highest BCUT2D eigenvalue weighted by molar-refractivity contribution is 7.89. The maximum atomic E-state index is 12.4. The molecule has 0 radical (unpaired) electrons. The first kappa shape index (κ1) is 20.8. The van der Waals surface area contributed by atoms with Gasteiger partial charge in [0.15, 0.2) is 0 Å². The van der Waals surface area contributed by atoms with Gasteiger partial charge in [-0.05, 0) is 43.4 Å². The van der Waals surface area contributed by atoms with E-state index in [-0.39, 0.29) is 10.8 Å². The van der Waals surface area contributed by atoms with Crippen molar-refractivity contribution >= 4 is 27.0 Å². The number of aryl methyl sites for hydroxylation is 2. The third kappa shape index (κ3) is 4.72. The Hall–Kier alpha value is -1.93. The molecule has 0 unspecified atom stereocenters. The third-order valence-electron chi connectivity index (χ3n) is 5.17. The molecule has 0 aliphatic heterocycles. The Kier molecular flexibility index (Phi) is 6.40. The summed E-state index contributed by atoms with van der Waals surface area (Å²) in [4.78, 5) is 17.0. The van der Waals surface area contributed by atoms with Crippen molar-refractivity contribution in [3.05, 3.63) is 24.0 Å². The molecule has 2 aromatic rings. The molecule has 1 aromatic heterocycles. The van der Waals surface area contributed by atoms with E-state index in [2.05, 4.69) is 21.8 Å². The number of nitrogens with zero attached hydrogens (tertiary/aromatic N) is 3. The van der Waals surface area contributed by atoms with Gasteiger partial charge in [0.25, 0.3) is 0 Å². The fourth-order valence-corrected chi connectivity index (χ4v) is 4.10. The van der Waals surface area contributed by atoms with Gasteiger partial charge in [0.05, 0.1) is 15.9 Å². The minimum atomic E-state index is -3.50. The Bertz CT molecular complexity index is 946. The summed E-state index contributed by atoms with van der Waals surface area (Å²) in [6.45, 7) is 3.72. The number of carbonyl (C=O) groups is 1. The number of sulfonamides is 1. The molecule has 0 bridgehead atoms. The molecule has 1 heterocycles. The molecule has 0 spiro atoms. The molecular formula is C20H30N4O3S. The van der Waals surface area contributed by atoms with Crippen LogP contribution >= 0.6 is 0 Å². The van der Waals surface area contributed by atoms with Gasteiger partial charge in [-0.2, -0.15) is 0 Å². The van der Waals surface area contributed by atoms with Crippen molar-refractivity contribution in [2.45, 2.75) is 56.9 Å². The van der Waals surface area contributed by atoms with E-state index in [9.17, 15) is 13.2 Å². The molecule has 154 valence electrons. The number of fused-ring (bicyclic) bond motifs is 1. The predicted octanol–water partition coefficient (Wildman–Crippen LogP) is 2.55. The van der Waals surface area contributed by atoms with Crippen LogP contribution in [0.3, 0.4) is 0 Å². The fourth-order valence-electron chi connectivity index (χ4n) is 3.18. The van der Waals surface area contributed by atoms with E-state index >= 15 is 0 Å². The number of amides is 1. The number of unbranched alkanes of at least 4 members (excludes halogenated alkanes) is 1. The van der Waals surface area contributed by atoms with Crippen molar-refractivity contribution < 1.29 is 13.2 Å². The van der Waals surface area contributed by atoms with Crippen LogP contribution in [-0.4, -0.2) is 48.8 Å².